The molecule has 1 saturated carbocycles. The fraction of sp³-hybridized carbons (Fsp3) is 0.500. The van der Waals surface area contributed by atoms with E-state index in [0.717, 1.165) is 42.1 Å². The highest BCUT2D eigenvalue weighted by Gasteiger charge is 2.30. The second kappa shape index (κ2) is 7.76. The number of carbonyl (C=O) groups excluding carboxylic acids is 1. The number of fused-ring (bicyclic) bond motifs is 1. The van der Waals surface area contributed by atoms with E-state index >= 15 is 0 Å². The van der Waals surface area contributed by atoms with Crippen molar-refractivity contribution in [2.24, 2.45) is 0 Å². The van der Waals surface area contributed by atoms with E-state index in [2.05, 4.69) is 29.0 Å². The molecule has 1 aliphatic heterocycles. The molecule has 3 heterocycles. The van der Waals surface area contributed by atoms with Gasteiger partial charge in [0.25, 0.3) is 0 Å². The molecule has 2 aliphatic rings. The summed E-state index contributed by atoms with van der Waals surface area (Å²) >= 11 is 0. The van der Waals surface area contributed by atoms with Crippen molar-refractivity contribution < 1.29 is 14.1 Å². The molecule has 8 nitrogen and oxygen atoms in total. The molecule has 8 heteroatoms. The maximum atomic E-state index is 12.3. The Morgan fingerprint density at radius 1 is 1.22 bits per heavy atom. The van der Waals surface area contributed by atoms with E-state index in [1.54, 1.807) is 4.90 Å². The molecule has 0 spiro atoms. The quantitative estimate of drug-likeness (QED) is 0.533. The van der Waals surface area contributed by atoms with Gasteiger partial charge in [0, 0.05) is 36.2 Å². The minimum absolute atomic E-state index is 0.143. The van der Waals surface area contributed by atoms with Crippen LogP contribution >= 0.6 is 0 Å². The smallest absolute Gasteiger partial charge is 0.410 e. The number of likely N-dealkylation sites (tertiary alicyclic amines) is 1. The molecule has 1 aromatic carbocycles. The summed E-state index contributed by atoms with van der Waals surface area (Å²) in [6.45, 7) is 10.9. The van der Waals surface area contributed by atoms with Gasteiger partial charge in [-0.3, -0.25) is 4.68 Å². The molecule has 0 bridgehead atoms. The van der Waals surface area contributed by atoms with E-state index in [4.69, 9.17) is 14.4 Å². The minimum atomic E-state index is -0.487. The summed E-state index contributed by atoms with van der Waals surface area (Å²) in [4.78, 5) is 18.7. The first-order valence-corrected chi connectivity index (χ1v) is 11.2. The van der Waals surface area contributed by atoms with Crippen LogP contribution in [0.5, 0.6) is 0 Å². The van der Waals surface area contributed by atoms with Gasteiger partial charge in [-0.15, -0.1) is 0 Å². The lowest BCUT2D eigenvalue weighted by molar-refractivity contribution is 0.0198. The Hall–Kier alpha value is -3.16. The second-order valence-electron chi connectivity index (χ2n) is 9.89. The Bertz CT molecular complexity index is 1160. The Kier molecular flexibility index (Phi) is 5.03. The summed E-state index contributed by atoms with van der Waals surface area (Å²) in [5.41, 5.74) is 2.61. The number of hydrogen-bond donors (Lipinski definition) is 0. The summed E-state index contributed by atoms with van der Waals surface area (Å²) in [7, 11) is 0. The number of nitrogens with zero attached hydrogens (tertiary/aromatic N) is 5. The van der Waals surface area contributed by atoms with Gasteiger partial charge in [0.15, 0.2) is 0 Å². The summed E-state index contributed by atoms with van der Waals surface area (Å²) in [5.74, 6) is 1.34. The van der Waals surface area contributed by atoms with Crippen molar-refractivity contribution in [3.63, 3.8) is 0 Å². The molecule has 0 radical (unpaired) electrons. The Morgan fingerprint density at radius 2 is 1.97 bits per heavy atom. The van der Waals surface area contributed by atoms with Crippen LogP contribution in [-0.2, 0) is 4.74 Å². The first-order chi connectivity index (χ1) is 15.2. The molecule has 1 saturated heterocycles. The van der Waals surface area contributed by atoms with E-state index in [1.165, 1.54) is 5.57 Å². The summed E-state index contributed by atoms with van der Waals surface area (Å²) in [5, 5.41) is 10.1. The molecule has 1 amide bonds. The maximum Gasteiger partial charge on any atom is 0.410 e. The van der Waals surface area contributed by atoms with Gasteiger partial charge in [0.1, 0.15) is 5.60 Å². The van der Waals surface area contributed by atoms with Crippen LogP contribution in [0.3, 0.4) is 0 Å². The largest absolute Gasteiger partial charge is 0.444 e. The molecule has 0 unspecified atom stereocenters. The lowest BCUT2D eigenvalue weighted by Crippen LogP contribution is -2.41. The lowest BCUT2D eigenvalue weighted by atomic mass is 9.88. The molecule has 168 valence electrons. The Balaban J connectivity index is 1.25. The van der Waals surface area contributed by atoms with Crippen LogP contribution in [0.2, 0.25) is 0 Å². The number of allylic oxidation sites excluding steroid dienone is 1. The zero-order chi connectivity index (χ0) is 22.5. The number of amides is 1. The summed E-state index contributed by atoms with van der Waals surface area (Å²) in [6.07, 6.45) is 5.38. The van der Waals surface area contributed by atoms with Gasteiger partial charge in [-0.1, -0.05) is 29.4 Å². The van der Waals surface area contributed by atoms with Crippen LogP contribution in [-0.4, -0.2) is 49.6 Å². The fourth-order valence-corrected chi connectivity index (χ4v) is 4.31. The minimum Gasteiger partial charge on any atom is -0.444 e. The van der Waals surface area contributed by atoms with Crippen molar-refractivity contribution in [2.75, 3.05) is 13.1 Å². The third kappa shape index (κ3) is 4.13. The Labute approximate surface area is 187 Å². The number of rotatable bonds is 3. The van der Waals surface area contributed by atoms with Gasteiger partial charge in [-0.2, -0.15) is 10.1 Å². The highest BCUT2D eigenvalue weighted by molar-refractivity contribution is 5.82. The second-order valence-corrected chi connectivity index (χ2v) is 9.89. The molecule has 3 aromatic rings. The molecule has 0 N–H and O–H groups in total. The molecule has 1 aliphatic carbocycles. The zero-order valence-electron chi connectivity index (χ0n) is 18.9. The van der Waals surface area contributed by atoms with E-state index < -0.39 is 5.60 Å². The standard InChI is InChI=1S/C24H29N5O3/c1-15-11-19(12-15)29-14-18-6-5-17(13-20(18)26-29)21-25-22(32-27-21)16-7-9-28(10-8-16)23(30)31-24(2,3)4/h5-6,13-14,16,19H,1,7-12H2,2-4H3. The van der Waals surface area contributed by atoms with Gasteiger partial charge in [-0.25, -0.2) is 4.79 Å². The van der Waals surface area contributed by atoms with Crippen LogP contribution in [0.25, 0.3) is 22.3 Å². The van der Waals surface area contributed by atoms with Gasteiger partial charge in [0.05, 0.1) is 11.6 Å². The SMILES string of the molecule is C=C1CC(n2cc3ccc(-c4noc(C5CCN(C(=O)OC(C)(C)C)CC5)n4)cc3n2)C1. The van der Waals surface area contributed by atoms with Crippen molar-refractivity contribution >= 4 is 17.0 Å². The maximum absolute atomic E-state index is 12.3. The van der Waals surface area contributed by atoms with Crippen molar-refractivity contribution in [3.8, 4) is 11.4 Å². The average Bonchev–Trinajstić information content (AvgIpc) is 3.37. The predicted molar refractivity (Wildman–Crippen MR) is 120 cm³/mol. The van der Waals surface area contributed by atoms with Crippen molar-refractivity contribution in [1.29, 1.82) is 0 Å². The first kappa shape index (κ1) is 20.7. The molecule has 5 rings (SSSR count). The number of carbonyl (C=O) groups is 1. The van der Waals surface area contributed by atoms with Gasteiger partial charge in [0.2, 0.25) is 11.7 Å². The van der Waals surface area contributed by atoms with Crippen molar-refractivity contribution in [3.05, 3.63) is 42.4 Å². The molecular formula is C24H29N5O3. The van der Waals surface area contributed by atoms with E-state index in [9.17, 15) is 4.79 Å². The third-order valence-corrected chi connectivity index (χ3v) is 6.14. The predicted octanol–water partition coefficient (Wildman–Crippen LogP) is 5.09. The molecule has 2 fully saturated rings. The van der Waals surface area contributed by atoms with Crippen molar-refractivity contribution in [2.45, 2.75) is 64.0 Å². The Morgan fingerprint density at radius 3 is 2.66 bits per heavy atom. The summed E-state index contributed by atoms with van der Waals surface area (Å²) in [6, 6.07) is 6.49. The highest BCUT2D eigenvalue weighted by Crippen LogP contribution is 2.36. The number of piperidine rings is 1. The third-order valence-electron chi connectivity index (χ3n) is 6.14. The molecule has 32 heavy (non-hydrogen) atoms. The molecular weight excluding hydrogens is 406 g/mol. The zero-order valence-corrected chi connectivity index (χ0v) is 18.9. The highest BCUT2D eigenvalue weighted by atomic mass is 16.6. The number of benzene rings is 1. The number of hydrogen-bond acceptors (Lipinski definition) is 6. The molecule has 0 atom stereocenters. The van der Waals surface area contributed by atoms with Gasteiger partial charge in [-0.05, 0) is 52.5 Å². The number of aromatic nitrogens is 4. The van der Waals surface area contributed by atoms with E-state index in [0.29, 0.717) is 30.8 Å². The van der Waals surface area contributed by atoms with Crippen molar-refractivity contribution in [1.82, 2.24) is 24.8 Å². The van der Waals surface area contributed by atoms with Crippen LogP contribution in [0.4, 0.5) is 4.79 Å². The van der Waals surface area contributed by atoms with Crippen LogP contribution in [0.1, 0.15) is 64.3 Å². The van der Waals surface area contributed by atoms with Gasteiger partial charge >= 0.3 is 6.09 Å². The summed E-state index contributed by atoms with van der Waals surface area (Å²) < 4.78 is 13.1. The van der Waals surface area contributed by atoms with Crippen LogP contribution < -0.4 is 0 Å². The monoisotopic (exact) mass is 435 g/mol. The fourth-order valence-electron chi connectivity index (χ4n) is 4.31. The van der Waals surface area contributed by atoms with E-state index in [-0.39, 0.29) is 12.0 Å². The first-order valence-electron chi connectivity index (χ1n) is 11.2. The van der Waals surface area contributed by atoms with E-state index in [1.807, 2.05) is 37.6 Å². The average molecular weight is 436 g/mol. The van der Waals surface area contributed by atoms with Crippen LogP contribution in [0.15, 0.2) is 41.1 Å². The normalized spacial score (nSPS) is 18.2. The topological polar surface area (TPSA) is 86.3 Å². The van der Waals surface area contributed by atoms with Gasteiger partial charge < -0.3 is 14.2 Å². The molecule has 2 aromatic heterocycles. The van der Waals surface area contributed by atoms with Crippen LogP contribution in [0, 0.1) is 0 Å². The lowest BCUT2D eigenvalue weighted by Gasteiger charge is -2.32. The number of ether oxygens (including phenoxy) is 1.